The minimum absolute atomic E-state index is 0.150. The summed E-state index contributed by atoms with van der Waals surface area (Å²) in [6.07, 6.45) is 3.63. The van der Waals surface area contributed by atoms with Crippen LogP contribution in [0.2, 0.25) is 0 Å². The molecule has 3 atom stereocenters. The van der Waals surface area contributed by atoms with Crippen LogP contribution in [0.5, 0.6) is 0 Å². The molecule has 2 fully saturated rings. The summed E-state index contributed by atoms with van der Waals surface area (Å²) in [5.74, 6) is 0.258. The molecule has 1 N–H and O–H groups in total. The van der Waals surface area contributed by atoms with Gasteiger partial charge in [-0.25, -0.2) is 0 Å². The predicted octanol–water partition coefficient (Wildman–Crippen LogP) is 1.42. The molecule has 1 heterocycles. The Morgan fingerprint density at radius 2 is 2.17 bits per heavy atom. The van der Waals surface area contributed by atoms with Crippen LogP contribution in [0, 0.1) is 0 Å². The number of carbonyl (C=O) groups is 1. The van der Waals surface area contributed by atoms with Gasteiger partial charge in [-0.3, -0.25) is 15.0 Å². The van der Waals surface area contributed by atoms with Crippen molar-refractivity contribution in [3.8, 4) is 0 Å². The molecular weight excluding hydrogens is 226 g/mol. The van der Waals surface area contributed by atoms with E-state index in [0.717, 1.165) is 19.0 Å². The smallest absolute Gasteiger partial charge is 0.243 e. The van der Waals surface area contributed by atoms with Gasteiger partial charge < -0.3 is 4.90 Å². The fourth-order valence-corrected chi connectivity index (χ4v) is 2.84. The lowest BCUT2D eigenvalue weighted by Crippen LogP contribution is -2.46. The van der Waals surface area contributed by atoms with E-state index in [9.17, 15) is 4.79 Å². The lowest BCUT2D eigenvalue weighted by molar-refractivity contribution is -0.133. The molecule has 0 spiro atoms. The van der Waals surface area contributed by atoms with E-state index in [1.54, 1.807) is 0 Å². The van der Waals surface area contributed by atoms with Crippen molar-refractivity contribution < 1.29 is 4.79 Å². The molecule has 3 unspecified atom stereocenters. The van der Waals surface area contributed by atoms with Gasteiger partial charge in [-0.2, -0.15) is 0 Å². The summed E-state index contributed by atoms with van der Waals surface area (Å²) in [7, 11) is 2.18. The normalized spacial score (nSPS) is 34.4. The minimum Gasteiger partial charge on any atom is -0.324 e. The molecule has 1 amide bonds. The highest BCUT2D eigenvalue weighted by atomic mass is 16.2. The van der Waals surface area contributed by atoms with Crippen molar-refractivity contribution in [1.29, 1.82) is 0 Å². The maximum Gasteiger partial charge on any atom is 0.243 e. The zero-order valence-electron chi connectivity index (χ0n) is 12.4. The third-order valence-corrected chi connectivity index (χ3v) is 4.71. The van der Waals surface area contributed by atoms with Crippen molar-refractivity contribution in [3.63, 3.8) is 0 Å². The highest BCUT2D eigenvalue weighted by Crippen LogP contribution is 2.29. The molecule has 1 aliphatic carbocycles. The molecule has 0 bridgehead atoms. The fourth-order valence-electron chi connectivity index (χ4n) is 2.84. The van der Waals surface area contributed by atoms with Crippen molar-refractivity contribution in [2.24, 2.45) is 0 Å². The van der Waals surface area contributed by atoms with Gasteiger partial charge in [0.15, 0.2) is 0 Å². The SMILES string of the molecule is CCC1(C)NC(C)N(CC(C)N(C)C2CC2)C1=O. The van der Waals surface area contributed by atoms with Gasteiger partial charge in [0.1, 0.15) is 0 Å². The summed E-state index contributed by atoms with van der Waals surface area (Å²) in [6.45, 7) is 9.22. The molecule has 4 nitrogen and oxygen atoms in total. The van der Waals surface area contributed by atoms with Gasteiger partial charge in [-0.15, -0.1) is 0 Å². The van der Waals surface area contributed by atoms with Crippen LogP contribution in [0.4, 0.5) is 0 Å². The van der Waals surface area contributed by atoms with Gasteiger partial charge in [0.25, 0.3) is 0 Å². The number of nitrogens with zero attached hydrogens (tertiary/aromatic N) is 2. The molecule has 0 aromatic carbocycles. The lowest BCUT2D eigenvalue weighted by Gasteiger charge is -2.31. The number of rotatable bonds is 5. The maximum atomic E-state index is 12.5. The number of likely N-dealkylation sites (N-methyl/N-ethyl adjacent to an activating group) is 1. The third-order valence-electron chi connectivity index (χ3n) is 4.71. The monoisotopic (exact) mass is 253 g/mol. The largest absolute Gasteiger partial charge is 0.324 e. The number of amides is 1. The average Bonchev–Trinajstić information content (AvgIpc) is 3.14. The van der Waals surface area contributed by atoms with Crippen LogP contribution in [0.1, 0.15) is 47.0 Å². The van der Waals surface area contributed by atoms with E-state index in [1.807, 2.05) is 11.8 Å². The van der Waals surface area contributed by atoms with Gasteiger partial charge in [0.2, 0.25) is 5.91 Å². The van der Waals surface area contributed by atoms with Crippen LogP contribution < -0.4 is 5.32 Å². The van der Waals surface area contributed by atoms with Crippen molar-refractivity contribution >= 4 is 5.91 Å². The molecular formula is C14H27N3O. The molecule has 0 aromatic rings. The Balaban J connectivity index is 1.98. The molecule has 0 radical (unpaired) electrons. The highest BCUT2D eigenvalue weighted by molar-refractivity contribution is 5.88. The molecule has 0 aromatic heterocycles. The summed E-state index contributed by atoms with van der Waals surface area (Å²) in [5.41, 5.74) is -0.364. The molecule has 4 heteroatoms. The van der Waals surface area contributed by atoms with E-state index in [2.05, 4.69) is 38.0 Å². The van der Waals surface area contributed by atoms with Crippen molar-refractivity contribution in [1.82, 2.24) is 15.1 Å². The first kappa shape index (κ1) is 13.8. The van der Waals surface area contributed by atoms with E-state index in [-0.39, 0.29) is 17.6 Å². The van der Waals surface area contributed by atoms with E-state index in [4.69, 9.17) is 0 Å². The summed E-state index contributed by atoms with van der Waals surface area (Å²) in [5, 5.41) is 3.43. The minimum atomic E-state index is -0.364. The van der Waals surface area contributed by atoms with E-state index in [1.165, 1.54) is 12.8 Å². The molecule has 1 saturated carbocycles. The Labute approximate surface area is 111 Å². The first-order chi connectivity index (χ1) is 8.39. The molecule has 2 rings (SSSR count). The molecule has 1 saturated heterocycles. The second-order valence-electron chi connectivity index (χ2n) is 6.21. The first-order valence-electron chi connectivity index (χ1n) is 7.19. The lowest BCUT2D eigenvalue weighted by atomic mass is 9.99. The topological polar surface area (TPSA) is 35.6 Å². The fraction of sp³-hybridized carbons (Fsp3) is 0.929. The van der Waals surface area contributed by atoms with Gasteiger partial charge in [0, 0.05) is 18.6 Å². The highest BCUT2D eigenvalue weighted by Gasteiger charge is 2.45. The number of hydrogen-bond donors (Lipinski definition) is 1. The van der Waals surface area contributed by atoms with Crippen LogP contribution >= 0.6 is 0 Å². The van der Waals surface area contributed by atoms with Gasteiger partial charge >= 0.3 is 0 Å². The maximum absolute atomic E-state index is 12.5. The summed E-state index contributed by atoms with van der Waals surface area (Å²) in [6, 6.07) is 1.18. The second kappa shape index (κ2) is 4.82. The van der Waals surface area contributed by atoms with E-state index >= 15 is 0 Å². The van der Waals surface area contributed by atoms with Crippen LogP contribution in [-0.4, -0.2) is 53.1 Å². The van der Waals surface area contributed by atoms with E-state index in [0.29, 0.717) is 6.04 Å². The Bertz CT molecular complexity index is 329. The zero-order valence-corrected chi connectivity index (χ0v) is 12.4. The van der Waals surface area contributed by atoms with Crippen molar-refractivity contribution in [3.05, 3.63) is 0 Å². The van der Waals surface area contributed by atoms with Crippen molar-refractivity contribution in [2.45, 2.75) is 70.7 Å². The summed E-state index contributed by atoms with van der Waals surface area (Å²) < 4.78 is 0. The molecule has 1 aliphatic heterocycles. The Morgan fingerprint density at radius 1 is 1.56 bits per heavy atom. The molecule has 2 aliphatic rings. The van der Waals surface area contributed by atoms with Crippen LogP contribution in [-0.2, 0) is 4.79 Å². The standard InChI is InChI=1S/C14H27N3O/c1-6-14(4)13(18)17(11(3)15-14)9-10(2)16(5)12-7-8-12/h10-12,15H,6-9H2,1-5H3. The number of carbonyl (C=O) groups excluding carboxylic acids is 1. The summed E-state index contributed by atoms with van der Waals surface area (Å²) >= 11 is 0. The average molecular weight is 253 g/mol. The predicted molar refractivity (Wildman–Crippen MR) is 73.3 cm³/mol. The van der Waals surface area contributed by atoms with Gasteiger partial charge in [0.05, 0.1) is 11.7 Å². The van der Waals surface area contributed by atoms with Gasteiger partial charge in [-0.05, 0) is 47.1 Å². The van der Waals surface area contributed by atoms with Crippen LogP contribution in [0.3, 0.4) is 0 Å². The zero-order chi connectivity index (χ0) is 13.5. The number of hydrogen-bond acceptors (Lipinski definition) is 3. The molecule has 104 valence electrons. The van der Waals surface area contributed by atoms with E-state index < -0.39 is 0 Å². The Kier molecular flexibility index (Phi) is 3.70. The summed E-state index contributed by atoms with van der Waals surface area (Å²) in [4.78, 5) is 16.9. The van der Waals surface area contributed by atoms with Crippen LogP contribution in [0.25, 0.3) is 0 Å². The Hall–Kier alpha value is -0.610. The van der Waals surface area contributed by atoms with Crippen LogP contribution in [0.15, 0.2) is 0 Å². The quantitative estimate of drug-likeness (QED) is 0.805. The Morgan fingerprint density at radius 3 is 2.61 bits per heavy atom. The number of nitrogens with one attached hydrogen (secondary N) is 1. The van der Waals surface area contributed by atoms with Gasteiger partial charge in [-0.1, -0.05) is 6.92 Å². The second-order valence-corrected chi connectivity index (χ2v) is 6.21. The van der Waals surface area contributed by atoms with Crippen molar-refractivity contribution in [2.75, 3.05) is 13.6 Å². The molecule has 18 heavy (non-hydrogen) atoms. The first-order valence-corrected chi connectivity index (χ1v) is 7.19. The third kappa shape index (κ3) is 2.41.